The minimum absolute atomic E-state index is 0.128. The van der Waals surface area contributed by atoms with E-state index in [0.29, 0.717) is 40.7 Å². The average molecular weight is 444 g/mol. The van der Waals surface area contributed by atoms with E-state index in [2.05, 4.69) is 20.7 Å². The molecule has 0 aliphatic rings. The molecule has 2 aromatic carbocycles. The molecular formula is C25H25N5O3. The number of hydrogen-bond donors (Lipinski definition) is 2. The van der Waals surface area contributed by atoms with Crippen molar-refractivity contribution in [2.45, 2.75) is 33.4 Å². The van der Waals surface area contributed by atoms with Gasteiger partial charge < -0.3 is 15.1 Å². The molecule has 33 heavy (non-hydrogen) atoms. The normalized spacial score (nSPS) is 10.7. The van der Waals surface area contributed by atoms with E-state index >= 15 is 0 Å². The molecule has 0 spiro atoms. The number of carbonyl (C=O) groups excluding carboxylic acids is 2. The Morgan fingerprint density at radius 1 is 1.06 bits per heavy atom. The number of nitrogens with one attached hydrogen (secondary N) is 2. The van der Waals surface area contributed by atoms with Crippen LogP contribution in [0.2, 0.25) is 0 Å². The summed E-state index contributed by atoms with van der Waals surface area (Å²) in [6.45, 7) is 4.66. The van der Waals surface area contributed by atoms with Crippen LogP contribution in [0, 0.1) is 6.92 Å². The van der Waals surface area contributed by atoms with Crippen LogP contribution in [0.5, 0.6) is 0 Å². The van der Waals surface area contributed by atoms with Gasteiger partial charge in [0, 0.05) is 12.7 Å². The molecule has 2 N–H and O–H groups in total. The highest BCUT2D eigenvalue weighted by Crippen LogP contribution is 2.29. The third kappa shape index (κ3) is 5.35. The van der Waals surface area contributed by atoms with E-state index in [0.717, 1.165) is 5.56 Å². The molecule has 4 rings (SSSR count). The Morgan fingerprint density at radius 3 is 2.58 bits per heavy atom. The highest BCUT2D eigenvalue weighted by molar-refractivity contribution is 5.96. The average Bonchev–Trinajstić information content (AvgIpc) is 3.45. The van der Waals surface area contributed by atoms with Crippen LogP contribution in [0.25, 0.3) is 11.5 Å². The maximum Gasteiger partial charge on any atom is 0.254 e. The van der Waals surface area contributed by atoms with Gasteiger partial charge in [-0.3, -0.25) is 14.3 Å². The first-order chi connectivity index (χ1) is 16.0. The maximum atomic E-state index is 12.6. The molecule has 0 bridgehead atoms. The molecule has 8 heteroatoms. The Bertz CT molecular complexity index is 1260. The molecule has 0 aliphatic carbocycles. The smallest absolute Gasteiger partial charge is 0.254 e. The van der Waals surface area contributed by atoms with Crippen LogP contribution >= 0.6 is 0 Å². The molecule has 0 saturated carbocycles. The molecule has 2 aromatic heterocycles. The van der Waals surface area contributed by atoms with Crippen molar-refractivity contribution in [3.05, 3.63) is 89.6 Å². The number of anilines is 1. The Labute approximate surface area is 191 Å². The summed E-state index contributed by atoms with van der Waals surface area (Å²) in [5, 5.41) is 9.91. The van der Waals surface area contributed by atoms with Gasteiger partial charge in [-0.2, -0.15) is 5.10 Å². The lowest BCUT2D eigenvalue weighted by Gasteiger charge is -2.09. The first-order valence-corrected chi connectivity index (χ1v) is 10.7. The van der Waals surface area contributed by atoms with Crippen molar-refractivity contribution in [3.8, 4) is 11.5 Å². The van der Waals surface area contributed by atoms with Crippen molar-refractivity contribution in [1.29, 1.82) is 0 Å². The van der Waals surface area contributed by atoms with Gasteiger partial charge in [-0.15, -0.1) is 0 Å². The Morgan fingerprint density at radius 2 is 1.82 bits per heavy atom. The van der Waals surface area contributed by atoms with E-state index in [-0.39, 0.29) is 24.8 Å². The van der Waals surface area contributed by atoms with Gasteiger partial charge in [0.15, 0.2) is 0 Å². The van der Waals surface area contributed by atoms with Crippen LogP contribution in [0.15, 0.2) is 71.4 Å². The molecular weight excluding hydrogens is 418 g/mol. The van der Waals surface area contributed by atoms with Crippen LogP contribution < -0.4 is 10.6 Å². The summed E-state index contributed by atoms with van der Waals surface area (Å²) in [5.41, 5.74) is 3.32. The lowest BCUT2D eigenvalue weighted by molar-refractivity contribution is -0.115. The number of aromatic nitrogens is 3. The number of carbonyl (C=O) groups is 2. The Balaban J connectivity index is 1.46. The molecule has 0 saturated heterocycles. The summed E-state index contributed by atoms with van der Waals surface area (Å²) in [6.07, 6.45) is 3.50. The van der Waals surface area contributed by atoms with Gasteiger partial charge in [-0.05, 0) is 31.5 Å². The Hall–Kier alpha value is -4.20. The van der Waals surface area contributed by atoms with Crippen molar-refractivity contribution in [1.82, 2.24) is 20.1 Å². The van der Waals surface area contributed by atoms with Crippen molar-refractivity contribution in [3.63, 3.8) is 0 Å². The zero-order valence-corrected chi connectivity index (χ0v) is 18.5. The summed E-state index contributed by atoms with van der Waals surface area (Å²) < 4.78 is 7.56. The van der Waals surface area contributed by atoms with Crippen LogP contribution in [-0.2, 0) is 24.3 Å². The number of aryl methyl sites for hydroxylation is 2. The summed E-state index contributed by atoms with van der Waals surface area (Å²) >= 11 is 0. The van der Waals surface area contributed by atoms with E-state index in [9.17, 15) is 9.59 Å². The minimum atomic E-state index is -0.229. The van der Waals surface area contributed by atoms with E-state index < -0.39 is 0 Å². The highest BCUT2D eigenvalue weighted by atomic mass is 16.4. The Kier molecular flexibility index (Phi) is 6.64. The third-order valence-corrected chi connectivity index (χ3v) is 5.17. The van der Waals surface area contributed by atoms with Crippen LogP contribution in [0.1, 0.15) is 34.3 Å². The third-order valence-electron chi connectivity index (χ3n) is 5.17. The van der Waals surface area contributed by atoms with Crippen LogP contribution in [0.4, 0.5) is 5.69 Å². The molecule has 4 aromatic rings. The number of rotatable bonds is 8. The molecule has 2 heterocycles. The molecule has 0 atom stereocenters. The summed E-state index contributed by atoms with van der Waals surface area (Å²) in [5.74, 6) is 0.621. The second-order valence-corrected chi connectivity index (χ2v) is 7.55. The van der Waals surface area contributed by atoms with Gasteiger partial charge in [-0.1, -0.05) is 42.5 Å². The zero-order chi connectivity index (χ0) is 23.2. The zero-order valence-electron chi connectivity index (χ0n) is 18.5. The molecule has 0 aliphatic heterocycles. The predicted molar refractivity (Wildman–Crippen MR) is 125 cm³/mol. The fourth-order valence-corrected chi connectivity index (χ4v) is 3.38. The lowest BCUT2D eigenvalue weighted by atomic mass is 10.1. The fourth-order valence-electron chi connectivity index (χ4n) is 3.38. The van der Waals surface area contributed by atoms with E-state index in [4.69, 9.17) is 4.42 Å². The molecule has 0 radical (unpaired) electrons. The van der Waals surface area contributed by atoms with Gasteiger partial charge >= 0.3 is 0 Å². The minimum Gasteiger partial charge on any atom is -0.441 e. The number of hydrogen-bond acceptors (Lipinski definition) is 5. The van der Waals surface area contributed by atoms with Crippen LogP contribution in [0.3, 0.4) is 0 Å². The predicted octanol–water partition coefficient (Wildman–Crippen LogP) is 3.98. The van der Waals surface area contributed by atoms with Crippen molar-refractivity contribution >= 4 is 17.5 Å². The topological polar surface area (TPSA) is 102 Å². The van der Waals surface area contributed by atoms with E-state index in [1.54, 1.807) is 17.8 Å². The number of oxazole rings is 1. The highest BCUT2D eigenvalue weighted by Gasteiger charge is 2.17. The van der Waals surface area contributed by atoms with Gasteiger partial charge in [0.2, 0.25) is 11.8 Å². The summed E-state index contributed by atoms with van der Waals surface area (Å²) in [4.78, 5) is 29.5. The van der Waals surface area contributed by atoms with Crippen molar-refractivity contribution in [2.24, 2.45) is 0 Å². The number of amides is 2. The number of benzene rings is 2. The number of para-hydroxylation sites is 1. The van der Waals surface area contributed by atoms with E-state index in [1.807, 2.05) is 61.5 Å². The lowest BCUT2D eigenvalue weighted by Crippen LogP contribution is -2.23. The molecule has 8 nitrogen and oxygen atoms in total. The van der Waals surface area contributed by atoms with Gasteiger partial charge in [-0.25, -0.2) is 4.98 Å². The molecule has 2 amide bonds. The molecule has 0 fully saturated rings. The second-order valence-electron chi connectivity index (χ2n) is 7.55. The standard InChI is InChI=1S/C25H25N5O3/c1-3-30-16-19(14-27-30)24(32)26-15-22-17(2)33-25(29-22)20-11-7-8-12-21(20)28-23(31)13-18-9-5-4-6-10-18/h4-12,14,16H,3,13,15H2,1-2H3,(H,26,32)(H,28,31). The van der Waals surface area contributed by atoms with Crippen molar-refractivity contribution in [2.75, 3.05) is 5.32 Å². The van der Waals surface area contributed by atoms with Crippen molar-refractivity contribution < 1.29 is 14.0 Å². The molecule has 0 unspecified atom stereocenters. The number of nitrogens with zero attached hydrogens (tertiary/aromatic N) is 3. The van der Waals surface area contributed by atoms with Gasteiger partial charge in [0.25, 0.3) is 5.91 Å². The maximum absolute atomic E-state index is 12.6. The first-order valence-electron chi connectivity index (χ1n) is 10.7. The van der Waals surface area contributed by atoms with Crippen LogP contribution in [-0.4, -0.2) is 26.6 Å². The molecule has 168 valence electrons. The fraction of sp³-hybridized carbons (Fsp3) is 0.200. The van der Waals surface area contributed by atoms with Gasteiger partial charge in [0.1, 0.15) is 11.5 Å². The summed E-state index contributed by atoms with van der Waals surface area (Å²) in [6, 6.07) is 16.9. The largest absolute Gasteiger partial charge is 0.441 e. The van der Waals surface area contributed by atoms with E-state index in [1.165, 1.54) is 6.20 Å². The van der Waals surface area contributed by atoms with Gasteiger partial charge in [0.05, 0.1) is 36.0 Å². The SMILES string of the molecule is CCn1cc(C(=O)NCc2nc(-c3ccccc3NC(=O)Cc3ccccc3)oc2C)cn1. The first kappa shape index (κ1) is 22.0. The second kappa shape index (κ2) is 9.95. The quantitative estimate of drug-likeness (QED) is 0.429. The summed E-state index contributed by atoms with van der Waals surface area (Å²) in [7, 11) is 0. The monoisotopic (exact) mass is 443 g/mol.